The Morgan fingerprint density at radius 1 is 1.29 bits per heavy atom. The van der Waals surface area contributed by atoms with Gasteiger partial charge in [-0.3, -0.25) is 4.79 Å². The van der Waals surface area contributed by atoms with E-state index in [0.29, 0.717) is 6.42 Å². The second-order valence-corrected chi connectivity index (χ2v) is 6.53. The van der Waals surface area contributed by atoms with Gasteiger partial charge in [0.15, 0.2) is 0 Å². The van der Waals surface area contributed by atoms with Gasteiger partial charge in [0.2, 0.25) is 0 Å². The molecule has 3 atom stereocenters. The molecule has 1 aromatic carbocycles. The minimum atomic E-state index is -4.31. The normalized spacial score (nSPS) is 22.5. The van der Waals surface area contributed by atoms with Crippen LogP contribution >= 0.6 is 0 Å². The van der Waals surface area contributed by atoms with Crippen LogP contribution in [0.2, 0.25) is 0 Å². The lowest BCUT2D eigenvalue weighted by Crippen LogP contribution is -2.42. The Morgan fingerprint density at radius 2 is 1.96 bits per heavy atom. The Morgan fingerprint density at radius 3 is 2.50 bits per heavy atom. The van der Waals surface area contributed by atoms with E-state index in [1.165, 1.54) is 0 Å². The van der Waals surface area contributed by atoms with Crippen molar-refractivity contribution >= 4 is 5.97 Å². The molecule has 0 saturated heterocycles. The van der Waals surface area contributed by atoms with Crippen LogP contribution in [-0.4, -0.2) is 23.2 Å². The van der Waals surface area contributed by atoms with E-state index in [-0.39, 0.29) is 12.0 Å². The van der Waals surface area contributed by atoms with Gasteiger partial charge in [-0.25, -0.2) is 0 Å². The van der Waals surface area contributed by atoms with Crippen LogP contribution in [0.3, 0.4) is 0 Å². The van der Waals surface area contributed by atoms with Crippen molar-refractivity contribution in [2.75, 3.05) is 0 Å². The highest BCUT2D eigenvalue weighted by Gasteiger charge is 2.32. The maximum absolute atomic E-state index is 12.6. The number of carboxylic acids is 1. The summed E-state index contributed by atoms with van der Waals surface area (Å²) in [5.74, 6) is -0.646. The summed E-state index contributed by atoms with van der Waals surface area (Å²) >= 11 is 0. The first-order chi connectivity index (χ1) is 11.3. The molecule has 1 fully saturated rings. The SMILES string of the molecule is CCCC[C@H](NC1CCC(c2ccc(C(F)(F)F)cc2)C1)C(=O)O. The molecule has 134 valence electrons. The third-order valence-corrected chi connectivity index (χ3v) is 4.72. The monoisotopic (exact) mass is 343 g/mol. The second kappa shape index (κ2) is 8.01. The molecular weight excluding hydrogens is 319 g/mol. The summed E-state index contributed by atoms with van der Waals surface area (Å²) in [7, 11) is 0. The number of alkyl halides is 3. The molecule has 0 spiro atoms. The van der Waals surface area contributed by atoms with Crippen molar-refractivity contribution in [3.8, 4) is 0 Å². The lowest BCUT2D eigenvalue weighted by molar-refractivity contribution is -0.140. The number of benzene rings is 1. The summed E-state index contributed by atoms with van der Waals surface area (Å²) < 4.78 is 37.8. The Kier molecular flexibility index (Phi) is 6.27. The Bertz CT molecular complexity index is 542. The van der Waals surface area contributed by atoms with Gasteiger partial charge in [0.1, 0.15) is 6.04 Å². The molecule has 1 aromatic rings. The summed E-state index contributed by atoms with van der Waals surface area (Å²) in [6, 6.07) is 4.90. The molecule has 0 heterocycles. The number of aliphatic carboxylic acids is 1. The number of nitrogens with one attached hydrogen (secondary N) is 1. The van der Waals surface area contributed by atoms with Crippen molar-refractivity contribution in [3.63, 3.8) is 0 Å². The number of hydrogen-bond acceptors (Lipinski definition) is 2. The largest absolute Gasteiger partial charge is 0.480 e. The first-order valence-corrected chi connectivity index (χ1v) is 8.47. The number of carbonyl (C=O) groups is 1. The van der Waals surface area contributed by atoms with Crippen LogP contribution in [0.25, 0.3) is 0 Å². The number of hydrogen-bond donors (Lipinski definition) is 2. The third-order valence-electron chi connectivity index (χ3n) is 4.72. The van der Waals surface area contributed by atoms with E-state index >= 15 is 0 Å². The van der Waals surface area contributed by atoms with Gasteiger partial charge in [0, 0.05) is 6.04 Å². The van der Waals surface area contributed by atoms with Crippen molar-refractivity contribution in [2.45, 2.75) is 69.6 Å². The minimum Gasteiger partial charge on any atom is -0.480 e. The van der Waals surface area contributed by atoms with Crippen molar-refractivity contribution in [1.82, 2.24) is 5.32 Å². The Hall–Kier alpha value is -1.56. The zero-order valence-corrected chi connectivity index (χ0v) is 13.8. The highest BCUT2D eigenvalue weighted by molar-refractivity contribution is 5.73. The fourth-order valence-corrected chi connectivity index (χ4v) is 3.35. The number of halogens is 3. The lowest BCUT2D eigenvalue weighted by atomic mass is 9.96. The molecule has 0 aliphatic heterocycles. The van der Waals surface area contributed by atoms with Gasteiger partial charge in [0.05, 0.1) is 5.56 Å². The molecule has 6 heteroatoms. The molecule has 0 radical (unpaired) electrons. The van der Waals surface area contributed by atoms with E-state index in [2.05, 4.69) is 5.32 Å². The molecule has 24 heavy (non-hydrogen) atoms. The molecule has 1 aliphatic rings. The average Bonchev–Trinajstić information content (AvgIpc) is 2.99. The molecule has 0 amide bonds. The molecule has 1 aliphatic carbocycles. The smallest absolute Gasteiger partial charge is 0.416 e. The first-order valence-electron chi connectivity index (χ1n) is 8.47. The predicted octanol–water partition coefficient (Wildman–Crippen LogP) is 4.57. The summed E-state index contributed by atoms with van der Waals surface area (Å²) in [6.45, 7) is 2.02. The van der Waals surface area contributed by atoms with E-state index in [1.54, 1.807) is 12.1 Å². The third kappa shape index (κ3) is 4.97. The topological polar surface area (TPSA) is 49.3 Å². The van der Waals surface area contributed by atoms with E-state index < -0.39 is 23.8 Å². The lowest BCUT2D eigenvalue weighted by Gasteiger charge is -2.20. The standard InChI is InChI=1S/C18H24F3NO2/c1-2-3-4-16(17(23)24)22-15-10-7-13(11-15)12-5-8-14(9-6-12)18(19,20)21/h5-6,8-9,13,15-16,22H,2-4,7,10-11H2,1H3,(H,23,24)/t13?,15?,16-/m0/s1. The van der Waals surface area contributed by atoms with E-state index in [4.69, 9.17) is 0 Å². The van der Waals surface area contributed by atoms with Gasteiger partial charge in [-0.2, -0.15) is 13.2 Å². The van der Waals surface area contributed by atoms with Crippen LogP contribution in [0.15, 0.2) is 24.3 Å². The fraction of sp³-hybridized carbons (Fsp3) is 0.611. The van der Waals surface area contributed by atoms with E-state index in [1.807, 2.05) is 6.92 Å². The van der Waals surface area contributed by atoms with Crippen LogP contribution in [0, 0.1) is 0 Å². The fourth-order valence-electron chi connectivity index (χ4n) is 3.35. The van der Waals surface area contributed by atoms with Gasteiger partial charge in [-0.15, -0.1) is 0 Å². The van der Waals surface area contributed by atoms with Crippen molar-refractivity contribution < 1.29 is 23.1 Å². The van der Waals surface area contributed by atoms with E-state index in [9.17, 15) is 23.1 Å². The molecule has 2 N–H and O–H groups in total. The zero-order chi connectivity index (χ0) is 17.7. The molecule has 0 aromatic heterocycles. The number of rotatable bonds is 7. The molecule has 2 rings (SSSR count). The second-order valence-electron chi connectivity index (χ2n) is 6.53. The van der Waals surface area contributed by atoms with Gasteiger partial charge in [-0.05, 0) is 49.3 Å². The summed E-state index contributed by atoms with van der Waals surface area (Å²) in [6.07, 6.45) is 0.578. The highest BCUT2D eigenvalue weighted by Crippen LogP contribution is 2.36. The summed E-state index contributed by atoms with van der Waals surface area (Å²) in [4.78, 5) is 11.3. The molecule has 3 nitrogen and oxygen atoms in total. The predicted molar refractivity (Wildman–Crippen MR) is 85.9 cm³/mol. The average molecular weight is 343 g/mol. The number of carboxylic acid groups (broad SMARTS) is 1. The van der Waals surface area contributed by atoms with Crippen LogP contribution < -0.4 is 5.32 Å². The highest BCUT2D eigenvalue weighted by atomic mass is 19.4. The van der Waals surface area contributed by atoms with Crippen molar-refractivity contribution in [1.29, 1.82) is 0 Å². The molecule has 2 unspecified atom stereocenters. The van der Waals surface area contributed by atoms with Crippen molar-refractivity contribution in [2.24, 2.45) is 0 Å². The van der Waals surface area contributed by atoms with Crippen molar-refractivity contribution in [3.05, 3.63) is 35.4 Å². The van der Waals surface area contributed by atoms with Crippen LogP contribution in [-0.2, 0) is 11.0 Å². The molecule has 0 bridgehead atoms. The summed E-state index contributed by atoms with van der Waals surface area (Å²) in [5.41, 5.74) is 0.261. The number of unbranched alkanes of at least 4 members (excludes halogenated alkanes) is 1. The van der Waals surface area contributed by atoms with Crippen LogP contribution in [0.4, 0.5) is 13.2 Å². The Balaban J connectivity index is 1.93. The van der Waals surface area contributed by atoms with E-state index in [0.717, 1.165) is 49.8 Å². The molecular formula is C18H24F3NO2. The van der Waals surface area contributed by atoms with Crippen LogP contribution in [0.5, 0.6) is 0 Å². The molecule has 1 saturated carbocycles. The van der Waals surface area contributed by atoms with Crippen LogP contribution in [0.1, 0.15) is 62.5 Å². The van der Waals surface area contributed by atoms with Gasteiger partial charge in [-0.1, -0.05) is 31.9 Å². The maximum Gasteiger partial charge on any atom is 0.416 e. The van der Waals surface area contributed by atoms with Gasteiger partial charge in [0.25, 0.3) is 0 Å². The van der Waals surface area contributed by atoms with Gasteiger partial charge >= 0.3 is 12.1 Å². The maximum atomic E-state index is 12.6. The minimum absolute atomic E-state index is 0.107. The Labute approximate surface area is 140 Å². The van der Waals surface area contributed by atoms with Gasteiger partial charge < -0.3 is 10.4 Å². The zero-order valence-electron chi connectivity index (χ0n) is 13.8. The summed E-state index contributed by atoms with van der Waals surface area (Å²) in [5, 5.41) is 12.5. The quantitative estimate of drug-likeness (QED) is 0.762. The first kappa shape index (κ1) is 18.8.